The molecule has 0 saturated heterocycles. The average Bonchev–Trinajstić information content (AvgIpc) is 2.90. The first-order chi connectivity index (χ1) is 8.24. The van der Waals surface area contributed by atoms with Gasteiger partial charge in [-0.25, -0.2) is 0 Å². The lowest BCUT2D eigenvalue weighted by atomic mass is 10.3. The van der Waals surface area contributed by atoms with E-state index in [-0.39, 0.29) is 5.91 Å². The van der Waals surface area contributed by atoms with Crippen LogP contribution in [0, 0.1) is 6.92 Å². The zero-order chi connectivity index (χ0) is 12.1. The summed E-state index contributed by atoms with van der Waals surface area (Å²) >= 11 is 0. The minimum atomic E-state index is -0.0366. The van der Waals surface area contributed by atoms with Gasteiger partial charge in [0.2, 0.25) is 5.91 Å². The Morgan fingerprint density at radius 2 is 2.24 bits per heavy atom. The van der Waals surface area contributed by atoms with Crippen molar-refractivity contribution in [3.05, 3.63) is 36.4 Å². The number of carbonyl (C=O) groups is 1. The molecule has 0 aliphatic carbocycles. The second kappa shape index (κ2) is 5.34. The fourth-order valence-corrected chi connectivity index (χ4v) is 1.57. The van der Waals surface area contributed by atoms with Gasteiger partial charge in [0.1, 0.15) is 5.76 Å². The largest absolute Gasteiger partial charge is 0.360 e. The second-order valence-electron chi connectivity index (χ2n) is 3.90. The summed E-state index contributed by atoms with van der Waals surface area (Å²) in [5, 5.41) is 6.39. The number of anilines is 1. The third-order valence-corrected chi connectivity index (χ3v) is 2.38. The first-order valence-corrected chi connectivity index (χ1v) is 5.58. The third-order valence-electron chi connectivity index (χ3n) is 2.38. The van der Waals surface area contributed by atoms with Crippen molar-refractivity contribution in [2.75, 3.05) is 5.32 Å². The highest BCUT2D eigenvalue weighted by atomic mass is 16.5. The first kappa shape index (κ1) is 11.4. The van der Waals surface area contributed by atoms with Crippen molar-refractivity contribution in [2.24, 2.45) is 0 Å². The molecule has 17 heavy (non-hydrogen) atoms. The van der Waals surface area contributed by atoms with Crippen LogP contribution in [0.1, 0.15) is 18.6 Å². The van der Waals surface area contributed by atoms with Crippen molar-refractivity contribution in [3.8, 4) is 0 Å². The molecule has 1 N–H and O–H groups in total. The summed E-state index contributed by atoms with van der Waals surface area (Å²) in [5.41, 5.74) is 0. The SMILES string of the molecule is Cc1cc(NC(=O)CCCn2cccc2)no1. The molecule has 0 aliphatic rings. The predicted molar refractivity (Wildman–Crippen MR) is 63.5 cm³/mol. The van der Waals surface area contributed by atoms with E-state index in [1.54, 1.807) is 13.0 Å². The molecule has 0 radical (unpaired) electrons. The Hall–Kier alpha value is -2.04. The van der Waals surface area contributed by atoms with E-state index in [0.29, 0.717) is 18.0 Å². The Morgan fingerprint density at radius 1 is 1.47 bits per heavy atom. The molecule has 5 heteroatoms. The van der Waals surface area contributed by atoms with E-state index in [4.69, 9.17) is 4.52 Å². The second-order valence-corrected chi connectivity index (χ2v) is 3.90. The summed E-state index contributed by atoms with van der Waals surface area (Å²) in [7, 11) is 0. The van der Waals surface area contributed by atoms with Crippen molar-refractivity contribution < 1.29 is 9.32 Å². The van der Waals surface area contributed by atoms with Crippen LogP contribution in [-0.4, -0.2) is 15.6 Å². The summed E-state index contributed by atoms with van der Waals surface area (Å²) < 4.78 is 6.91. The van der Waals surface area contributed by atoms with Gasteiger partial charge >= 0.3 is 0 Å². The number of amides is 1. The van der Waals surface area contributed by atoms with Gasteiger partial charge < -0.3 is 14.4 Å². The minimum absolute atomic E-state index is 0.0366. The summed E-state index contributed by atoms with van der Waals surface area (Å²) in [6.07, 6.45) is 5.25. The molecule has 2 heterocycles. The fourth-order valence-electron chi connectivity index (χ4n) is 1.57. The molecule has 2 rings (SSSR count). The van der Waals surface area contributed by atoms with Crippen LogP contribution >= 0.6 is 0 Å². The molecule has 0 bridgehead atoms. The van der Waals surface area contributed by atoms with E-state index in [2.05, 4.69) is 10.5 Å². The molecule has 0 aromatic carbocycles. The topological polar surface area (TPSA) is 60.1 Å². The molecule has 2 aromatic rings. The van der Waals surface area contributed by atoms with Crippen molar-refractivity contribution in [1.29, 1.82) is 0 Å². The summed E-state index contributed by atoms with van der Waals surface area (Å²) in [4.78, 5) is 11.5. The maximum Gasteiger partial charge on any atom is 0.225 e. The molecule has 0 fully saturated rings. The maximum atomic E-state index is 11.5. The molecular formula is C12H15N3O2. The van der Waals surface area contributed by atoms with Crippen molar-refractivity contribution in [2.45, 2.75) is 26.3 Å². The van der Waals surface area contributed by atoms with Crippen LogP contribution < -0.4 is 5.32 Å². The molecule has 90 valence electrons. The van der Waals surface area contributed by atoms with Gasteiger partial charge in [-0.3, -0.25) is 4.79 Å². The van der Waals surface area contributed by atoms with Gasteiger partial charge in [0.15, 0.2) is 5.82 Å². The van der Waals surface area contributed by atoms with E-state index in [9.17, 15) is 4.79 Å². The monoisotopic (exact) mass is 233 g/mol. The van der Waals surface area contributed by atoms with Crippen LogP contribution in [0.25, 0.3) is 0 Å². The highest BCUT2D eigenvalue weighted by Gasteiger charge is 2.05. The number of aromatic nitrogens is 2. The number of nitrogens with one attached hydrogen (secondary N) is 1. The molecule has 1 amide bonds. The van der Waals surface area contributed by atoms with Crippen LogP contribution in [0.5, 0.6) is 0 Å². The van der Waals surface area contributed by atoms with Gasteiger partial charge in [0.25, 0.3) is 0 Å². The first-order valence-electron chi connectivity index (χ1n) is 5.58. The highest BCUT2D eigenvalue weighted by molar-refractivity contribution is 5.89. The molecule has 2 aromatic heterocycles. The van der Waals surface area contributed by atoms with E-state index in [1.165, 1.54) is 0 Å². The van der Waals surface area contributed by atoms with Gasteiger partial charge in [-0.1, -0.05) is 5.16 Å². The smallest absolute Gasteiger partial charge is 0.225 e. The number of carbonyl (C=O) groups excluding carboxylic acids is 1. The van der Waals surface area contributed by atoms with Crippen LogP contribution in [0.4, 0.5) is 5.82 Å². The van der Waals surface area contributed by atoms with Gasteiger partial charge in [-0.05, 0) is 25.5 Å². The van der Waals surface area contributed by atoms with E-state index in [1.807, 2.05) is 29.1 Å². The summed E-state index contributed by atoms with van der Waals surface area (Å²) in [6, 6.07) is 5.64. The number of nitrogens with zero attached hydrogens (tertiary/aromatic N) is 2. The van der Waals surface area contributed by atoms with Crippen molar-refractivity contribution in [1.82, 2.24) is 9.72 Å². The zero-order valence-electron chi connectivity index (χ0n) is 9.72. The Kier molecular flexibility index (Phi) is 3.59. The van der Waals surface area contributed by atoms with Crippen LogP contribution in [0.15, 0.2) is 35.1 Å². The van der Waals surface area contributed by atoms with Gasteiger partial charge in [-0.2, -0.15) is 0 Å². The van der Waals surface area contributed by atoms with Crippen molar-refractivity contribution in [3.63, 3.8) is 0 Å². The fraction of sp³-hybridized carbons (Fsp3) is 0.333. The third kappa shape index (κ3) is 3.48. The minimum Gasteiger partial charge on any atom is -0.360 e. The number of rotatable bonds is 5. The van der Waals surface area contributed by atoms with E-state index >= 15 is 0 Å². The average molecular weight is 233 g/mol. The summed E-state index contributed by atoms with van der Waals surface area (Å²) in [5.74, 6) is 1.13. The maximum absolute atomic E-state index is 11.5. The zero-order valence-corrected chi connectivity index (χ0v) is 9.72. The normalized spacial score (nSPS) is 10.4. The number of aryl methyl sites for hydroxylation is 2. The van der Waals surface area contributed by atoms with Gasteiger partial charge in [0.05, 0.1) is 0 Å². The molecule has 0 saturated carbocycles. The molecule has 0 aliphatic heterocycles. The highest BCUT2D eigenvalue weighted by Crippen LogP contribution is 2.08. The Morgan fingerprint density at radius 3 is 2.88 bits per heavy atom. The van der Waals surface area contributed by atoms with Crippen LogP contribution in [0.3, 0.4) is 0 Å². The van der Waals surface area contributed by atoms with Gasteiger partial charge in [-0.15, -0.1) is 0 Å². The molecule has 0 unspecified atom stereocenters. The van der Waals surface area contributed by atoms with Crippen molar-refractivity contribution >= 4 is 11.7 Å². The summed E-state index contributed by atoms with van der Waals surface area (Å²) in [6.45, 7) is 2.63. The Labute approximate surface area is 99.4 Å². The van der Waals surface area contributed by atoms with Crippen LogP contribution in [-0.2, 0) is 11.3 Å². The standard InChI is InChI=1S/C12H15N3O2/c1-10-9-11(14-17-10)13-12(16)5-4-8-15-6-2-3-7-15/h2-3,6-7,9H,4-5,8H2,1H3,(H,13,14,16). The Bertz CT molecular complexity index is 474. The molecule has 5 nitrogen and oxygen atoms in total. The van der Waals surface area contributed by atoms with E-state index in [0.717, 1.165) is 13.0 Å². The number of hydrogen-bond donors (Lipinski definition) is 1. The molecule has 0 spiro atoms. The lowest BCUT2D eigenvalue weighted by molar-refractivity contribution is -0.116. The van der Waals surface area contributed by atoms with E-state index < -0.39 is 0 Å². The lowest BCUT2D eigenvalue weighted by Gasteiger charge is -2.02. The van der Waals surface area contributed by atoms with Crippen LogP contribution in [0.2, 0.25) is 0 Å². The molecule has 0 atom stereocenters. The quantitative estimate of drug-likeness (QED) is 0.861. The molecular weight excluding hydrogens is 218 g/mol. The Balaban J connectivity index is 1.71. The number of hydrogen-bond acceptors (Lipinski definition) is 3. The lowest BCUT2D eigenvalue weighted by Crippen LogP contribution is -2.12. The predicted octanol–water partition coefficient (Wildman–Crippen LogP) is 2.20. The van der Waals surface area contributed by atoms with Gasteiger partial charge in [0, 0.05) is 31.4 Å².